The van der Waals surface area contributed by atoms with E-state index in [1.54, 1.807) is 24.5 Å². The van der Waals surface area contributed by atoms with E-state index in [1.165, 1.54) is 0 Å². The van der Waals surface area contributed by atoms with E-state index in [1.807, 2.05) is 12.1 Å². The minimum atomic E-state index is 0.565. The van der Waals surface area contributed by atoms with Crippen LogP contribution in [0.5, 0.6) is 0 Å². The first-order valence-electron chi connectivity index (χ1n) is 4.57. The molecule has 0 saturated heterocycles. The van der Waals surface area contributed by atoms with Crippen molar-refractivity contribution >= 4 is 11.5 Å². The van der Waals surface area contributed by atoms with Crippen molar-refractivity contribution in [3.8, 4) is 0 Å². The fourth-order valence-corrected chi connectivity index (χ4v) is 1.17. The predicted octanol–water partition coefficient (Wildman–Crippen LogP) is 1.07. The molecule has 5 heteroatoms. The third kappa shape index (κ3) is 2.40. The number of rotatable bonds is 3. The summed E-state index contributed by atoms with van der Waals surface area (Å²) in [5.41, 5.74) is 7.20. The highest BCUT2D eigenvalue weighted by atomic mass is 15.1. The summed E-state index contributed by atoms with van der Waals surface area (Å²) in [6, 6.07) is 7.32. The van der Waals surface area contributed by atoms with Gasteiger partial charge in [-0.2, -0.15) is 10.2 Å². The molecule has 15 heavy (non-hydrogen) atoms. The molecule has 0 atom stereocenters. The highest BCUT2D eigenvalue weighted by Crippen LogP contribution is 2.13. The van der Waals surface area contributed by atoms with Crippen molar-refractivity contribution in [1.29, 1.82) is 0 Å². The zero-order valence-corrected chi connectivity index (χ0v) is 8.09. The van der Waals surface area contributed by atoms with Crippen molar-refractivity contribution in [1.82, 2.24) is 15.2 Å². The smallest absolute Gasteiger partial charge is 0.149 e. The van der Waals surface area contributed by atoms with Crippen molar-refractivity contribution in [3.63, 3.8) is 0 Å². The van der Waals surface area contributed by atoms with Crippen molar-refractivity contribution in [2.45, 2.75) is 6.54 Å². The molecule has 0 aliphatic carbocycles. The number of nitrogens with two attached hydrogens (primary N) is 1. The van der Waals surface area contributed by atoms with E-state index in [0.29, 0.717) is 18.1 Å². The van der Waals surface area contributed by atoms with Gasteiger partial charge in [-0.15, -0.1) is 0 Å². The highest BCUT2D eigenvalue weighted by molar-refractivity contribution is 5.60. The van der Waals surface area contributed by atoms with Crippen LogP contribution in [0.25, 0.3) is 0 Å². The Labute approximate surface area is 87.4 Å². The Morgan fingerprint density at radius 3 is 2.80 bits per heavy atom. The van der Waals surface area contributed by atoms with Gasteiger partial charge in [0.25, 0.3) is 0 Å². The second kappa shape index (κ2) is 4.36. The summed E-state index contributed by atoms with van der Waals surface area (Å²) in [6.45, 7) is 0.565. The predicted molar refractivity (Wildman–Crippen MR) is 58.0 cm³/mol. The summed E-state index contributed by atoms with van der Waals surface area (Å²) in [4.78, 5) is 4.11. The summed E-state index contributed by atoms with van der Waals surface area (Å²) in [6.07, 6.45) is 3.33. The van der Waals surface area contributed by atoms with Crippen molar-refractivity contribution < 1.29 is 0 Å². The molecule has 0 radical (unpaired) electrons. The van der Waals surface area contributed by atoms with E-state index in [0.717, 1.165) is 5.69 Å². The maximum atomic E-state index is 5.72. The molecule has 0 aromatic carbocycles. The summed E-state index contributed by atoms with van der Waals surface area (Å²) >= 11 is 0. The molecule has 0 spiro atoms. The van der Waals surface area contributed by atoms with Gasteiger partial charge in [0.15, 0.2) is 0 Å². The molecular formula is C10H11N5. The number of nitrogens with zero attached hydrogens (tertiary/aromatic N) is 3. The standard InChI is InChI=1S/C10H11N5/c11-9-4-2-5-12-10(9)13-7-8-3-1-6-14-15-8/h1-6H,7,11H2,(H,12,13). The first-order chi connectivity index (χ1) is 7.36. The molecule has 2 aromatic heterocycles. The Kier molecular flexibility index (Phi) is 2.73. The third-order valence-corrected chi connectivity index (χ3v) is 1.90. The molecule has 2 rings (SSSR count). The average molecular weight is 201 g/mol. The van der Waals surface area contributed by atoms with Crippen LogP contribution in [0.3, 0.4) is 0 Å². The Morgan fingerprint density at radius 1 is 1.20 bits per heavy atom. The second-order valence-corrected chi connectivity index (χ2v) is 3.01. The number of hydrogen-bond acceptors (Lipinski definition) is 5. The lowest BCUT2D eigenvalue weighted by molar-refractivity contribution is 0.921. The molecule has 0 fully saturated rings. The summed E-state index contributed by atoms with van der Waals surface area (Å²) in [5, 5.41) is 10.8. The molecule has 5 nitrogen and oxygen atoms in total. The molecule has 0 aliphatic rings. The van der Waals surface area contributed by atoms with Crippen molar-refractivity contribution in [2.24, 2.45) is 0 Å². The molecule has 3 N–H and O–H groups in total. The summed E-state index contributed by atoms with van der Waals surface area (Å²) in [7, 11) is 0. The van der Waals surface area contributed by atoms with Gasteiger partial charge in [0, 0.05) is 12.4 Å². The topological polar surface area (TPSA) is 76.7 Å². The molecule has 0 saturated carbocycles. The third-order valence-electron chi connectivity index (χ3n) is 1.90. The van der Waals surface area contributed by atoms with Gasteiger partial charge < -0.3 is 11.1 Å². The molecule has 2 aromatic rings. The van der Waals surface area contributed by atoms with E-state index in [-0.39, 0.29) is 0 Å². The van der Waals surface area contributed by atoms with Crippen LogP contribution < -0.4 is 11.1 Å². The first kappa shape index (κ1) is 9.39. The number of pyridine rings is 1. The number of hydrogen-bond donors (Lipinski definition) is 2. The Balaban J connectivity index is 2.03. The van der Waals surface area contributed by atoms with Crippen LogP contribution in [-0.4, -0.2) is 15.2 Å². The van der Waals surface area contributed by atoms with Crippen LogP contribution in [0, 0.1) is 0 Å². The second-order valence-electron chi connectivity index (χ2n) is 3.01. The van der Waals surface area contributed by atoms with Crippen LogP contribution in [0.2, 0.25) is 0 Å². The number of nitrogen functional groups attached to an aromatic ring is 1. The molecule has 0 unspecified atom stereocenters. The van der Waals surface area contributed by atoms with E-state index in [9.17, 15) is 0 Å². The fraction of sp³-hybridized carbons (Fsp3) is 0.100. The monoisotopic (exact) mass is 201 g/mol. The van der Waals surface area contributed by atoms with Gasteiger partial charge in [0.2, 0.25) is 0 Å². The van der Waals surface area contributed by atoms with Crippen LogP contribution in [0.1, 0.15) is 5.69 Å². The van der Waals surface area contributed by atoms with Gasteiger partial charge in [0.05, 0.1) is 17.9 Å². The van der Waals surface area contributed by atoms with Crippen LogP contribution in [0.4, 0.5) is 11.5 Å². The molecule has 0 amide bonds. The molecule has 2 heterocycles. The molecule has 0 aliphatic heterocycles. The van der Waals surface area contributed by atoms with Gasteiger partial charge in [-0.1, -0.05) is 0 Å². The van der Waals surface area contributed by atoms with Gasteiger partial charge in [-0.05, 0) is 24.3 Å². The Morgan fingerprint density at radius 2 is 2.07 bits per heavy atom. The van der Waals surface area contributed by atoms with E-state index >= 15 is 0 Å². The summed E-state index contributed by atoms with van der Waals surface area (Å²) in [5.74, 6) is 0.670. The van der Waals surface area contributed by atoms with E-state index in [2.05, 4.69) is 20.5 Å². The zero-order chi connectivity index (χ0) is 10.5. The zero-order valence-electron chi connectivity index (χ0n) is 8.09. The van der Waals surface area contributed by atoms with E-state index < -0.39 is 0 Å². The van der Waals surface area contributed by atoms with Gasteiger partial charge in [-0.25, -0.2) is 4.98 Å². The summed E-state index contributed by atoms with van der Waals surface area (Å²) < 4.78 is 0. The first-order valence-corrected chi connectivity index (χ1v) is 4.57. The van der Waals surface area contributed by atoms with Gasteiger partial charge >= 0.3 is 0 Å². The Bertz CT molecular complexity index is 429. The number of aromatic nitrogens is 3. The van der Waals surface area contributed by atoms with Crippen LogP contribution in [-0.2, 0) is 6.54 Å². The lowest BCUT2D eigenvalue weighted by Crippen LogP contribution is -2.05. The maximum absolute atomic E-state index is 5.72. The Hall–Kier alpha value is -2.17. The molecule has 76 valence electrons. The molecular weight excluding hydrogens is 190 g/mol. The average Bonchev–Trinajstić information content (AvgIpc) is 2.29. The van der Waals surface area contributed by atoms with Crippen molar-refractivity contribution in [2.75, 3.05) is 11.1 Å². The van der Waals surface area contributed by atoms with Gasteiger partial charge in [0.1, 0.15) is 5.82 Å². The minimum absolute atomic E-state index is 0.565. The van der Waals surface area contributed by atoms with Crippen LogP contribution in [0.15, 0.2) is 36.7 Å². The minimum Gasteiger partial charge on any atom is -0.396 e. The number of anilines is 2. The lowest BCUT2D eigenvalue weighted by Gasteiger charge is -2.06. The van der Waals surface area contributed by atoms with Crippen LogP contribution >= 0.6 is 0 Å². The van der Waals surface area contributed by atoms with Crippen molar-refractivity contribution in [3.05, 3.63) is 42.4 Å². The molecule has 0 bridgehead atoms. The normalized spacial score (nSPS) is 9.87. The SMILES string of the molecule is Nc1cccnc1NCc1cccnn1. The fourth-order valence-electron chi connectivity index (χ4n) is 1.17. The largest absolute Gasteiger partial charge is 0.396 e. The lowest BCUT2D eigenvalue weighted by atomic mass is 10.3. The van der Waals surface area contributed by atoms with E-state index in [4.69, 9.17) is 5.73 Å². The quantitative estimate of drug-likeness (QED) is 0.776. The highest BCUT2D eigenvalue weighted by Gasteiger charge is 1.99. The van der Waals surface area contributed by atoms with Gasteiger partial charge in [-0.3, -0.25) is 0 Å². The maximum Gasteiger partial charge on any atom is 0.149 e. The number of nitrogens with one attached hydrogen (secondary N) is 1.